The summed E-state index contributed by atoms with van der Waals surface area (Å²) in [7, 11) is 3.90. The minimum absolute atomic E-state index is 0.0750. The third-order valence-corrected chi connectivity index (χ3v) is 4.79. The molecular formula is C22H22ClN3O2. The summed E-state index contributed by atoms with van der Waals surface area (Å²) in [4.78, 5) is 26.5. The van der Waals surface area contributed by atoms with Crippen LogP contribution in [0.4, 0.5) is 5.69 Å². The van der Waals surface area contributed by atoms with Crippen LogP contribution in [-0.2, 0) is 9.59 Å². The van der Waals surface area contributed by atoms with Gasteiger partial charge in [-0.3, -0.25) is 9.59 Å². The summed E-state index contributed by atoms with van der Waals surface area (Å²) in [5.74, 6) is -1.41. The van der Waals surface area contributed by atoms with Crippen molar-refractivity contribution >= 4 is 39.9 Å². The first kappa shape index (κ1) is 19.9. The Morgan fingerprint density at radius 3 is 2.43 bits per heavy atom. The number of likely N-dealkylation sites (N-methyl/N-ethyl adjacent to an activating group) is 1. The molecule has 2 N–H and O–H groups in total. The van der Waals surface area contributed by atoms with E-state index in [4.69, 9.17) is 11.6 Å². The molecule has 28 heavy (non-hydrogen) atoms. The number of anilines is 1. The zero-order valence-electron chi connectivity index (χ0n) is 15.8. The smallest absolute Gasteiger partial charge is 0.313 e. The molecule has 144 valence electrons. The Kier molecular flexibility index (Phi) is 6.29. The summed E-state index contributed by atoms with van der Waals surface area (Å²) in [5, 5.41) is 8.04. The molecule has 0 saturated carbocycles. The number of halogens is 1. The van der Waals surface area contributed by atoms with Crippen molar-refractivity contribution < 1.29 is 9.59 Å². The molecule has 3 rings (SSSR count). The fraction of sp³-hybridized carbons (Fsp3) is 0.182. The zero-order valence-corrected chi connectivity index (χ0v) is 16.5. The van der Waals surface area contributed by atoms with Crippen LogP contribution < -0.4 is 10.6 Å². The molecule has 0 aliphatic heterocycles. The molecule has 0 aliphatic carbocycles. The van der Waals surface area contributed by atoms with Crippen LogP contribution in [0, 0.1) is 0 Å². The minimum atomic E-state index is -0.724. The Morgan fingerprint density at radius 1 is 0.964 bits per heavy atom. The highest BCUT2D eigenvalue weighted by atomic mass is 35.5. The van der Waals surface area contributed by atoms with Crippen molar-refractivity contribution in [2.75, 3.05) is 26.0 Å². The lowest BCUT2D eigenvalue weighted by atomic mass is 9.98. The van der Waals surface area contributed by atoms with E-state index in [-0.39, 0.29) is 6.04 Å². The van der Waals surface area contributed by atoms with Gasteiger partial charge < -0.3 is 15.5 Å². The fourth-order valence-corrected chi connectivity index (χ4v) is 3.33. The lowest BCUT2D eigenvalue weighted by Crippen LogP contribution is -2.40. The average molecular weight is 396 g/mol. The number of rotatable bonds is 5. The van der Waals surface area contributed by atoms with E-state index in [2.05, 4.69) is 28.8 Å². The third-order valence-electron chi connectivity index (χ3n) is 4.55. The van der Waals surface area contributed by atoms with E-state index in [1.807, 2.05) is 43.3 Å². The monoisotopic (exact) mass is 395 g/mol. The number of carbonyl (C=O) groups excluding carboxylic acids is 2. The molecule has 0 bridgehead atoms. The molecule has 2 amide bonds. The van der Waals surface area contributed by atoms with Crippen LogP contribution in [0.2, 0.25) is 5.02 Å². The predicted molar refractivity (Wildman–Crippen MR) is 113 cm³/mol. The molecular weight excluding hydrogens is 374 g/mol. The van der Waals surface area contributed by atoms with Gasteiger partial charge in [0, 0.05) is 17.3 Å². The van der Waals surface area contributed by atoms with Crippen molar-refractivity contribution in [3.63, 3.8) is 0 Å². The van der Waals surface area contributed by atoms with Crippen LogP contribution in [0.25, 0.3) is 10.8 Å². The lowest BCUT2D eigenvalue weighted by molar-refractivity contribution is -0.136. The maximum atomic E-state index is 12.3. The summed E-state index contributed by atoms with van der Waals surface area (Å²) in [6.07, 6.45) is 0. The summed E-state index contributed by atoms with van der Waals surface area (Å²) in [6.45, 7) is 0.308. The van der Waals surface area contributed by atoms with Crippen molar-refractivity contribution in [3.05, 3.63) is 77.3 Å². The molecule has 0 spiro atoms. The minimum Gasteiger partial charge on any atom is -0.346 e. The van der Waals surface area contributed by atoms with Gasteiger partial charge in [-0.25, -0.2) is 0 Å². The van der Waals surface area contributed by atoms with E-state index < -0.39 is 11.8 Å². The summed E-state index contributed by atoms with van der Waals surface area (Å²) in [6, 6.07) is 20.8. The summed E-state index contributed by atoms with van der Waals surface area (Å²) in [5.41, 5.74) is 1.57. The second-order valence-corrected chi connectivity index (χ2v) is 7.16. The highest BCUT2D eigenvalue weighted by Gasteiger charge is 2.20. The maximum absolute atomic E-state index is 12.3. The van der Waals surface area contributed by atoms with Gasteiger partial charge in [0.25, 0.3) is 0 Å². The molecule has 0 heterocycles. The van der Waals surface area contributed by atoms with Crippen LogP contribution in [0.15, 0.2) is 66.7 Å². The molecule has 3 aromatic rings. The van der Waals surface area contributed by atoms with Gasteiger partial charge in [0.2, 0.25) is 0 Å². The van der Waals surface area contributed by atoms with Gasteiger partial charge in [-0.1, -0.05) is 60.1 Å². The van der Waals surface area contributed by atoms with E-state index >= 15 is 0 Å². The van der Waals surface area contributed by atoms with Gasteiger partial charge in [0.05, 0.1) is 6.04 Å². The molecule has 0 radical (unpaired) electrons. The van der Waals surface area contributed by atoms with Gasteiger partial charge in [0.1, 0.15) is 0 Å². The molecule has 0 unspecified atom stereocenters. The van der Waals surface area contributed by atoms with Gasteiger partial charge in [-0.2, -0.15) is 0 Å². The Hall–Kier alpha value is -2.89. The molecule has 1 atom stereocenters. The molecule has 3 aromatic carbocycles. The molecule has 0 aromatic heterocycles. The summed E-state index contributed by atoms with van der Waals surface area (Å²) < 4.78 is 0. The maximum Gasteiger partial charge on any atom is 0.313 e. The first-order valence-corrected chi connectivity index (χ1v) is 9.32. The van der Waals surface area contributed by atoms with E-state index in [1.54, 1.807) is 24.3 Å². The van der Waals surface area contributed by atoms with E-state index in [0.717, 1.165) is 16.3 Å². The number of fused-ring (bicyclic) bond motifs is 1. The van der Waals surface area contributed by atoms with Gasteiger partial charge in [0.15, 0.2) is 0 Å². The van der Waals surface area contributed by atoms with Crippen molar-refractivity contribution in [1.82, 2.24) is 10.2 Å². The van der Waals surface area contributed by atoms with Crippen molar-refractivity contribution in [3.8, 4) is 0 Å². The van der Waals surface area contributed by atoms with Gasteiger partial charge >= 0.3 is 11.8 Å². The number of benzene rings is 3. The molecule has 5 nitrogen and oxygen atoms in total. The second kappa shape index (κ2) is 8.87. The fourth-order valence-electron chi connectivity index (χ4n) is 3.14. The largest absolute Gasteiger partial charge is 0.346 e. The number of hydrogen-bond acceptors (Lipinski definition) is 3. The van der Waals surface area contributed by atoms with E-state index in [1.165, 1.54) is 0 Å². The molecule has 0 aliphatic rings. The Morgan fingerprint density at radius 2 is 1.68 bits per heavy atom. The standard InChI is InChI=1S/C22H22ClN3O2/c1-26(2)20(19-12-5-8-15-7-3-4-11-18(15)19)14-24-21(27)22(28)25-17-10-6-9-16(23)13-17/h3-13,20H,14H2,1-2H3,(H,24,27)(H,25,28)/t20-/m0/s1. The number of hydrogen-bond donors (Lipinski definition) is 2. The number of nitrogens with one attached hydrogen (secondary N) is 2. The van der Waals surface area contributed by atoms with Crippen LogP contribution in [-0.4, -0.2) is 37.4 Å². The lowest BCUT2D eigenvalue weighted by Gasteiger charge is -2.26. The van der Waals surface area contributed by atoms with Gasteiger partial charge in [-0.05, 0) is 48.6 Å². The Balaban J connectivity index is 1.71. The molecule has 0 saturated heterocycles. The number of amides is 2. The van der Waals surface area contributed by atoms with Crippen molar-refractivity contribution in [2.24, 2.45) is 0 Å². The van der Waals surface area contributed by atoms with Crippen LogP contribution >= 0.6 is 11.6 Å². The average Bonchev–Trinajstić information content (AvgIpc) is 2.68. The first-order valence-electron chi connectivity index (χ1n) is 8.94. The normalized spacial score (nSPS) is 12.0. The highest BCUT2D eigenvalue weighted by molar-refractivity contribution is 6.39. The Bertz CT molecular complexity index is 998. The topological polar surface area (TPSA) is 61.4 Å². The van der Waals surface area contributed by atoms with E-state index in [0.29, 0.717) is 17.3 Å². The SMILES string of the molecule is CN(C)[C@@H](CNC(=O)C(=O)Nc1cccc(Cl)c1)c1cccc2ccccc12. The first-order chi connectivity index (χ1) is 13.5. The van der Waals surface area contributed by atoms with Crippen LogP contribution in [0.3, 0.4) is 0 Å². The zero-order chi connectivity index (χ0) is 20.1. The quantitative estimate of drug-likeness (QED) is 0.645. The van der Waals surface area contributed by atoms with Crippen LogP contribution in [0.5, 0.6) is 0 Å². The highest BCUT2D eigenvalue weighted by Crippen LogP contribution is 2.26. The predicted octanol–water partition coefficient (Wildman–Crippen LogP) is 3.85. The van der Waals surface area contributed by atoms with Crippen molar-refractivity contribution in [2.45, 2.75) is 6.04 Å². The second-order valence-electron chi connectivity index (χ2n) is 6.72. The summed E-state index contributed by atoms with van der Waals surface area (Å²) >= 11 is 5.90. The molecule has 0 fully saturated rings. The van der Waals surface area contributed by atoms with E-state index in [9.17, 15) is 9.59 Å². The van der Waals surface area contributed by atoms with Crippen molar-refractivity contribution in [1.29, 1.82) is 0 Å². The van der Waals surface area contributed by atoms with Crippen LogP contribution in [0.1, 0.15) is 11.6 Å². The van der Waals surface area contributed by atoms with Gasteiger partial charge in [-0.15, -0.1) is 0 Å². The third kappa shape index (κ3) is 4.68. The number of carbonyl (C=O) groups is 2. The number of nitrogens with zero attached hydrogens (tertiary/aromatic N) is 1. The molecule has 6 heteroatoms. The Labute approximate surface area is 169 Å².